The van der Waals surface area contributed by atoms with Gasteiger partial charge in [0, 0.05) is 12.1 Å². The van der Waals surface area contributed by atoms with E-state index in [-0.39, 0.29) is 30.2 Å². The largest absolute Gasteiger partial charge is 0.394 e. The second-order valence-electron chi connectivity index (χ2n) is 11.4. The number of nitrogens with zero attached hydrogens (tertiary/aromatic N) is 1. The maximum absolute atomic E-state index is 14.0. The van der Waals surface area contributed by atoms with Crippen molar-refractivity contribution < 1.29 is 24.2 Å². The van der Waals surface area contributed by atoms with Crippen LogP contribution in [0.3, 0.4) is 0 Å². The monoisotopic (exact) mass is 485 g/mol. The number of aliphatic hydroxyl groups excluding tert-OH is 1. The van der Waals surface area contributed by atoms with Gasteiger partial charge in [-0.2, -0.15) is 0 Å². The highest BCUT2D eigenvalue weighted by Crippen LogP contribution is 2.59. The van der Waals surface area contributed by atoms with Crippen LogP contribution in [0.4, 0.5) is 0 Å². The molecule has 192 valence electrons. The molecular formula is C27H39N3O5. The molecule has 3 aliphatic heterocycles. The first-order valence-electron chi connectivity index (χ1n) is 12.8. The molecule has 2 unspecified atom stereocenters. The molecule has 1 spiro atoms. The van der Waals surface area contributed by atoms with E-state index in [0.717, 1.165) is 12.0 Å². The zero-order valence-corrected chi connectivity index (χ0v) is 21.4. The summed E-state index contributed by atoms with van der Waals surface area (Å²) in [6.45, 7) is 9.77. The summed E-state index contributed by atoms with van der Waals surface area (Å²) in [6, 6.07) is 8.21. The molecule has 3 heterocycles. The Morgan fingerprint density at radius 2 is 1.91 bits per heavy atom. The number of carbonyl (C=O) groups is 3. The molecule has 4 rings (SSSR count). The Labute approximate surface area is 207 Å². The number of carbonyl (C=O) groups excluding carboxylic acids is 3. The molecule has 8 nitrogen and oxygen atoms in total. The summed E-state index contributed by atoms with van der Waals surface area (Å²) in [4.78, 5) is 42.7. The Kier molecular flexibility index (Phi) is 6.99. The zero-order chi connectivity index (χ0) is 25.5. The number of benzene rings is 1. The number of fused-ring (bicyclic) bond motifs is 1. The maximum Gasteiger partial charge on any atom is 0.246 e. The molecule has 1 aromatic rings. The summed E-state index contributed by atoms with van der Waals surface area (Å²) >= 11 is 0. The maximum atomic E-state index is 14.0. The molecule has 3 N–H and O–H groups in total. The highest BCUT2D eigenvalue weighted by Gasteiger charge is 2.75. The lowest BCUT2D eigenvalue weighted by Crippen LogP contribution is -2.61. The lowest BCUT2D eigenvalue weighted by Gasteiger charge is -2.40. The lowest BCUT2D eigenvalue weighted by molar-refractivity contribution is -0.147. The summed E-state index contributed by atoms with van der Waals surface area (Å²) in [5, 5.41) is 16.3. The summed E-state index contributed by atoms with van der Waals surface area (Å²) in [5.74, 6) is -2.20. The van der Waals surface area contributed by atoms with Gasteiger partial charge in [-0.15, -0.1) is 0 Å². The molecule has 3 fully saturated rings. The number of hydrogen-bond donors (Lipinski definition) is 3. The Hall–Kier alpha value is -2.45. The minimum atomic E-state index is -1.06. The van der Waals surface area contributed by atoms with Gasteiger partial charge in [-0.25, -0.2) is 0 Å². The van der Waals surface area contributed by atoms with Gasteiger partial charge in [0.05, 0.1) is 30.6 Å². The van der Waals surface area contributed by atoms with Crippen LogP contribution in [-0.2, 0) is 25.7 Å². The van der Waals surface area contributed by atoms with Crippen molar-refractivity contribution in [3.05, 3.63) is 35.9 Å². The van der Waals surface area contributed by atoms with E-state index in [1.807, 2.05) is 65.0 Å². The third kappa shape index (κ3) is 4.47. The number of likely N-dealkylation sites (tertiary alicyclic amines) is 1. The first kappa shape index (κ1) is 25.6. The SMILES string of the molecule is CC[C@H](C)[C@H](CO)N1C(=O)[C@@H]2[C@H](C(=O)NCc3ccccc3)[C@@H]3CCC2(O3)C1C(=O)NC(C)(C)C. The van der Waals surface area contributed by atoms with E-state index in [9.17, 15) is 19.5 Å². The minimum Gasteiger partial charge on any atom is -0.394 e. The van der Waals surface area contributed by atoms with Crippen LogP contribution in [0.1, 0.15) is 59.4 Å². The van der Waals surface area contributed by atoms with Gasteiger partial charge in [-0.05, 0) is 45.1 Å². The summed E-state index contributed by atoms with van der Waals surface area (Å²) in [5.41, 5.74) is -0.597. The van der Waals surface area contributed by atoms with E-state index in [1.165, 1.54) is 0 Å². The Morgan fingerprint density at radius 3 is 2.51 bits per heavy atom. The third-order valence-electron chi connectivity index (χ3n) is 7.94. The highest BCUT2D eigenvalue weighted by molar-refractivity contribution is 5.99. The highest BCUT2D eigenvalue weighted by atomic mass is 16.5. The molecule has 7 atom stereocenters. The number of amides is 3. The van der Waals surface area contributed by atoms with Crippen molar-refractivity contribution in [2.45, 2.75) is 89.8 Å². The fourth-order valence-corrected chi connectivity index (χ4v) is 6.20. The minimum absolute atomic E-state index is 0.0216. The molecule has 3 aliphatic rings. The standard InChI is InChI=1S/C27H39N3O5/c1-6-16(2)18(15-31)30-22(24(33)29-26(3,4)5)27-13-12-19(35-27)20(21(27)25(30)34)23(32)28-14-17-10-8-7-9-11-17/h7-11,16,18-22,31H,6,12-15H2,1-5H3,(H,28,32)(H,29,33)/t16-,18-,19-,20+,21-,22?,27?/m0/s1. The van der Waals surface area contributed by atoms with Crippen LogP contribution in [0.15, 0.2) is 30.3 Å². The van der Waals surface area contributed by atoms with Crippen molar-refractivity contribution in [2.75, 3.05) is 6.61 Å². The smallest absolute Gasteiger partial charge is 0.246 e. The molecule has 1 aromatic carbocycles. The van der Waals surface area contributed by atoms with Crippen molar-refractivity contribution in [3.8, 4) is 0 Å². The first-order chi connectivity index (χ1) is 16.5. The number of aliphatic hydroxyl groups is 1. The average Bonchev–Trinajstić information content (AvgIpc) is 3.45. The second-order valence-corrected chi connectivity index (χ2v) is 11.4. The third-order valence-corrected chi connectivity index (χ3v) is 7.94. The topological polar surface area (TPSA) is 108 Å². The van der Waals surface area contributed by atoms with Gasteiger partial charge < -0.3 is 25.4 Å². The van der Waals surface area contributed by atoms with Crippen LogP contribution in [0.5, 0.6) is 0 Å². The van der Waals surface area contributed by atoms with Gasteiger partial charge >= 0.3 is 0 Å². The lowest BCUT2D eigenvalue weighted by atomic mass is 9.70. The second kappa shape index (κ2) is 9.54. The summed E-state index contributed by atoms with van der Waals surface area (Å²) < 4.78 is 6.46. The van der Waals surface area contributed by atoms with Gasteiger partial charge in [-0.1, -0.05) is 50.6 Å². The Bertz CT molecular complexity index is 961. The van der Waals surface area contributed by atoms with Crippen LogP contribution < -0.4 is 10.6 Å². The molecule has 2 bridgehead atoms. The van der Waals surface area contributed by atoms with Crippen molar-refractivity contribution >= 4 is 17.7 Å². The number of hydrogen-bond acceptors (Lipinski definition) is 5. The molecule has 3 amide bonds. The van der Waals surface area contributed by atoms with Crippen LogP contribution in [-0.4, -0.2) is 63.7 Å². The van der Waals surface area contributed by atoms with E-state index in [4.69, 9.17) is 4.74 Å². The van der Waals surface area contributed by atoms with Crippen molar-refractivity contribution in [3.63, 3.8) is 0 Å². The molecular weight excluding hydrogens is 446 g/mol. The molecule has 0 saturated carbocycles. The van der Waals surface area contributed by atoms with Gasteiger partial charge in [0.25, 0.3) is 0 Å². The molecule has 0 aliphatic carbocycles. The van der Waals surface area contributed by atoms with E-state index in [2.05, 4.69) is 10.6 Å². The Morgan fingerprint density at radius 1 is 1.23 bits per heavy atom. The molecule has 0 aromatic heterocycles. The molecule has 35 heavy (non-hydrogen) atoms. The number of ether oxygens (including phenoxy) is 1. The van der Waals surface area contributed by atoms with Crippen molar-refractivity contribution in [2.24, 2.45) is 17.8 Å². The first-order valence-corrected chi connectivity index (χ1v) is 12.8. The van der Waals surface area contributed by atoms with Gasteiger partial charge in [0.15, 0.2) is 0 Å². The molecule has 3 saturated heterocycles. The van der Waals surface area contributed by atoms with E-state index >= 15 is 0 Å². The van der Waals surface area contributed by atoms with Gasteiger partial charge in [0.1, 0.15) is 11.6 Å². The van der Waals surface area contributed by atoms with Crippen LogP contribution in [0.2, 0.25) is 0 Å². The van der Waals surface area contributed by atoms with Gasteiger partial charge in [0.2, 0.25) is 17.7 Å². The van der Waals surface area contributed by atoms with E-state index in [1.54, 1.807) is 4.90 Å². The van der Waals surface area contributed by atoms with Crippen LogP contribution in [0, 0.1) is 17.8 Å². The zero-order valence-electron chi connectivity index (χ0n) is 21.4. The fourth-order valence-electron chi connectivity index (χ4n) is 6.20. The van der Waals surface area contributed by atoms with Crippen molar-refractivity contribution in [1.82, 2.24) is 15.5 Å². The molecule has 8 heteroatoms. The fraction of sp³-hybridized carbons (Fsp3) is 0.667. The average molecular weight is 486 g/mol. The quantitative estimate of drug-likeness (QED) is 0.522. The van der Waals surface area contributed by atoms with Gasteiger partial charge in [-0.3, -0.25) is 14.4 Å². The van der Waals surface area contributed by atoms with Crippen LogP contribution in [0.25, 0.3) is 0 Å². The number of rotatable bonds is 8. The normalized spacial score (nSPS) is 31.3. The van der Waals surface area contributed by atoms with E-state index in [0.29, 0.717) is 19.4 Å². The van der Waals surface area contributed by atoms with Crippen LogP contribution >= 0.6 is 0 Å². The summed E-state index contributed by atoms with van der Waals surface area (Å²) in [6.07, 6.45) is 1.49. The predicted octanol–water partition coefficient (Wildman–Crippen LogP) is 2.00. The van der Waals surface area contributed by atoms with E-state index < -0.39 is 41.2 Å². The molecule has 0 radical (unpaired) electrons. The Balaban J connectivity index is 1.68. The number of nitrogens with one attached hydrogen (secondary N) is 2. The predicted molar refractivity (Wildman–Crippen MR) is 131 cm³/mol. The summed E-state index contributed by atoms with van der Waals surface area (Å²) in [7, 11) is 0. The van der Waals surface area contributed by atoms with Crippen molar-refractivity contribution in [1.29, 1.82) is 0 Å².